The lowest BCUT2D eigenvalue weighted by Crippen LogP contribution is -2.06. The van der Waals surface area contributed by atoms with Crippen LogP contribution in [0.4, 0.5) is 0 Å². The summed E-state index contributed by atoms with van der Waals surface area (Å²) in [6.45, 7) is 10.4. The second-order valence-electron chi connectivity index (χ2n) is 4.14. The van der Waals surface area contributed by atoms with Gasteiger partial charge in [0, 0.05) is 5.70 Å². The van der Waals surface area contributed by atoms with E-state index in [9.17, 15) is 0 Å². The minimum absolute atomic E-state index is 0.984. The minimum atomic E-state index is 0.984. The molecule has 1 rings (SSSR count). The van der Waals surface area contributed by atoms with Crippen LogP contribution in [0, 0.1) is 0 Å². The summed E-state index contributed by atoms with van der Waals surface area (Å²) in [5.41, 5.74) is 12.4. The van der Waals surface area contributed by atoms with Crippen LogP contribution in [0.3, 0.4) is 0 Å². The zero-order valence-corrected chi connectivity index (χ0v) is 9.61. The molecule has 0 aromatic rings. The van der Waals surface area contributed by atoms with Crippen LogP contribution in [-0.4, -0.2) is 0 Å². The normalized spacial score (nSPS) is 18.5. The van der Waals surface area contributed by atoms with Crippen molar-refractivity contribution in [2.45, 2.75) is 46.5 Å². The van der Waals surface area contributed by atoms with Crippen molar-refractivity contribution in [3.8, 4) is 0 Å². The van der Waals surface area contributed by atoms with Crippen molar-refractivity contribution in [3.63, 3.8) is 0 Å². The fourth-order valence-corrected chi connectivity index (χ4v) is 2.16. The molecule has 0 bridgehead atoms. The highest BCUT2D eigenvalue weighted by atomic mass is 14.6. The summed E-state index contributed by atoms with van der Waals surface area (Å²) in [4.78, 5) is 0. The van der Waals surface area contributed by atoms with E-state index in [1.165, 1.54) is 29.6 Å². The van der Waals surface area contributed by atoms with Crippen molar-refractivity contribution in [2.75, 3.05) is 0 Å². The van der Waals surface area contributed by atoms with E-state index in [0.717, 1.165) is 24.1 Å². The van der Waals surface area contributed by atoms with Gasteiger partial charge in [0.1, 0.15) is 0 Å². The Kier molecular flexibility index (Phi) is 3.56. The molecule has 0 spiro atoms. The molecule has 0 heterocycles. The SMILES string of the molecule is C=C(C)/C(CC)=C(/N)C1=C(C)CCC1. The molecular formula is C13H21N. The summed E-state index contributed by atoms with van der Waals surface area (Å²) >= 11 is 0. The van der Waals surface area contributed by atoms with Gasteiger partial charge in [0.05, 0.1) is 0 Å². The highest BCUT2D eigenvalue weighted by Crippen LogP contribution is 2.31. The molecule has 1 aliphatic rings. The van der Waals surface area contributed by atoms with Gasteiger partial charge in [-0.25, -0.2) is 0 Å². The Hall–Kier alpha value is -0.980. The number of hydrogen-bond acceptors (Lipinski definition) is 1. The van der Waals surface area contributed by atoms with Crippen LogP contribution in [-0.2, 0) is 0 Å². The molecule has 78 valence electrons. The summed E-state index contributed by atoms with van der Waals surface area (Å²) in [7, 11) is 0. The Morgan fingerprint density at radius 1 is 1.43 bits per heavy atom. The standard InChI is InChI=1S/C13H21N/c1-5-11(9(2)3)13(14)12-8-6-7-10(12)4/h2,5-8,14H2,1,3-4H3/b13-11+. The quantitative estimate of drug-likeness (QED) is 0.676. The summed E-state index contributed by atoms with van der Waals surface area (Å²) in [6, 6.07) is 0. The Morgan fingerprint density at radius 3 is 2.43 bits per heavy atom. The lowest BCUT2D eigenvalue weighted by Gasteiger charge is -2.12. The number of nitrogens with two attached hydrogens (primary N) is 1. The predicted molar refractivity (Wildman–Crippen MR) is 62.9 cm³/mol. The van der Waals surface area contributed by atoms with Gasteiger partial charge in [0.2, 0.25) is 0 Å². The molecule has 0 saturated carbocycles. The highest BCUT2D eigenvalue weighted by molar-refractivity contribution is 5.44. The largest absolute Gasteiger partial charge is 0.398 e. The lowest BCUT2D eigenvalue weighted by molar-refractivity contribution is 0.890. The van der Waals surface area contributed by atoms with E-state index in [-0.39, 0.29) is 0 Å². The third-order valence-corrected chi connectivity index (χ3v) is 3.01. The molecule has 1 heteroatoms. The molecule has 0 fully saturated rings. The van der Waals surface area contributed by atoms with E-state index in [1.54, 1.807) is 0 Å². The third-order valence-electron chi connectivity index (χ3n) is 3.01. The summed E-state index contributed by atoms with van der Waals surface area (Å²) < 4.78 is 0. The van der Waals surface area contributed by atoms with Crippen molar-refractivity contribution in [3.05, 3.63) is 34.6 Å². The van der Waals surface area contributed by atoms with Gasteiger partial charge in [-0.2, -0.15) is 0 Å². The van der Waals surface area contributed by atoms with E-state index < -0.39 is 0 Å². The van der Waals surface area contributed by atoms with E-state index in [0.29, 0.717) is 0 Å². The van der Waals surface area contributed by atoms with Crippen molar-refractivity contribution >= 4 is 0 Å². The van der Waals surface area contributed by atoms with Gasteiger partial charge in [0.15, 0.2) is 0 Å². The Bertz CT molecular complexity index is 305. The molecule has 0 aromatic heterocycles. The van der Waals surface area contributed by atoms with Gasteiger partial charge in [-0.15, -0.1) is 0 Å². The minimum Gasteiger partial charge on any atom is -0.398 e. The van der Waals surface area contributed by atoms with Crippen LogP contribution in [0.2, 0.25) is 0 Å². The molecule has 0 aromatic carbocycles. The lowest BCUT2D eigenvalue weighted by atomic mass is 9.98. The second kappa shape index (κ2) is 4.50. The molecule has 0 unspecified atom stereocenters. The van der Waals surface area contributed by atoms with Crippen LogP contribution in [0.5, 0.6) is 0 Å². The van der Waals surface area contributed by atoms with E-state index >= 15 is 0 Å². The highest BCUT2D eigenvalue weighted by Gasteiger charge is 2.15. The Balaban J connectivity index is 3.07. The van der Waals surface area contributed by atoms with Crippen molar-refractivity contribution in [1.29, 1.82) is 0 Å². The van der Waals surface area contributed by atoms with Crippen molar-refractivity contribution in [1.82, 2.24) is 0 Å². The molecule has 0 saturated heterocycles. The first-order chi connectivity index (χ1) is 6.57. The average molecular weight is 191 g/mol. The molecule has 1 aliphatic carbocycles. The van der Waals surface area contributed by atoms with E-state index in [2.05, 4.69) is 20.4 Å². The average Bonchev–Trinajstić information content (AvgIpc) is 2.51. The zero-order valence-electron chi connectivity index (χ0n) is 9.61. The number of rotatable bonds is 3. The summed E-state index contributed by atoms with van der Waals surface area (Å²) in [5, 5.41) is 0. The van der Waals surface area contributed by atoms with Gasteiger partial charge in [0.25, 0.3) is 0 Å². The number of allylic oxidation sites excluding steroid dienone is 4. The third kappa shape index (κ3) is 2.09. The van der Waals surface area contributed by atoms with Crippen LogP contribution < -0.4 is 5.73 Å². The fourth-order valence-electron chi connectivity index (χ4n) is 2.16. The van der Waals surface area contributed by atoms with Crippen LogP contribution in [0.1, 0.15) is 46.5 Å². The molecule has 2 N–H and O–H groups in total. The second-order valence-corrected chi connectivity index (χ2v) is 4.14. The Labute approximate surface area is 87.4 Å². The first-order valence-electron chi connectivity index (χ1n) is 5.41. The van der Waals surface area contributed by atoms with Crippen LogP contribution in [0.25, 0.3) is 0 Å². The Morgan fingerprint density at radius 2 is 2.07 bits per heavy atom. The van der Waals surface area contributed by atoms with E-state index in [4.69, 9.17) is 5.73 Å². The first-order valence-corrected chi connectivity index (χ1v) is 5.41. The van der Waals surface area contributed by atoms with Gasteiger partial charge in [-0.1, -0.05) is 24.6 Å². The molecule has 1 nitrogen and oxygen atoms in total. The maximum atomic E-state index is 6.19. The molecule has 0 aliphatic heterocycles. The smallest absolute Gasteiger partial charge is 0.0380 e. The maximum absolute atomic E-state index is 6.19. The molecule has 14 heavy (non-hydrogen) atoms. The van der Waals surface area contributed by atoms with Crippen molar-refractivity contribution in [2.24, 2.45) is 5.73 Å². The maximum Gasteiger partial charge on any atom is 0.0380 e. The number of hydrogen-bond donors (Lipinski definition) is 1. The summed E-state index contributed by atoms with van der Waals surface area (Å²) in [6.07, 6.45) is 4.60. The van der Waals surface area contributed by atoms with Gasteiger partial charge < -0.3 is 5.73 Å². The van der Waals surface area contributed by atoms with Crippen LogP contribution in [0.15, 0.2) is 34.6 Å². The van der Waals surface area contributed by atoms with Gasteiger partial charge in [-0.3, -0.25) is 0 Å². The topological polar surface area (TPSA) is 26.0 Å². The molecular weight excluding hydrogens is 170 g/mol. The first kappa shape index (κ1) is 11.1. The van der Waals surface area contributed by atoms with Crippen LogP contribution >= 0.6 is 0 Å². The van der Waals surface area contributed by atoms with Gasteiger partial charge >= 0.3 is 0 Å². The van der Waals surface area contributed by atoms with Crippen molar-refractivity contribution < 1.29 is 0 Å². The molecule has 0 amide bonds. The molecule has 0 atom stereocenters. The summed E-state index contributed by atoms with van der Waals surface area (Å²) in [5.74, 6) is 0. The van der Waals surface area contributed by atoms with E-state index in [1.807, 2.05) is 6.92 Å². The zero-order chi connectivity index (χ0) is 10.7. The molecule has 0 radical (unpaired) electrons. The van der Waals surface area contributed by atoms with Gasteiger partial charge in [-0.05, 0) is 50.7 Å². The fraction of sp³-hybridized carbons (Fsp3) is 0.538. The predicted octanol–water partition coefficient (Wildman–Crippen LogP) is 3.69. The monoisotopic (exact) mass is 191 g/mol.